The number of carboxylic acids is 3. The van der Waals surface area contributed by atoms with Crippen molar-refractivity contribution in [1.82, 2.24) is 31.5 Å². The first-order valence-corrected chi connectivity index (χ1v) is 24.2. The molecule has 5 amide bonds. The number of Topliss-reactive ketones (excluding diaryl/α,β-unsaturated/α-hetero) is 2. The fourth-order valence-corrected chi connectivity index (χ4v) is 7.64. The highest BCUT2D eigenvalue weighted by Gasteiger charge is 2.35. The van der Waals surface area contributed by atoms with Crippen LogP contribution < -0.4 is 26.6 Å². The Balaban J connectivity index is 2.58. The average Bonchev–Trinajstić information content (AvgIpc) is 3.29. The standard InChI is InChI=1S/C46H71N7O14S/c1-31(29-68-5)52(3)44(63)37(27-42(60)61)53(4)43(62)36(47-2)28-48-25-15-19-38(56)35(26-32-16-11-10-12-17-32)49-39(57)20-14-9-7-6-8-13-18-33(55)21-22-34(45(64)65)50-46(66)51-40(67-30-54)23-24-41(58)59/h10-12,16-17,30-31,34-36,40,47-48H,6-9,13-15,18-29H2,1-5H3,(H5-,49,50,51,57,58,59,60,61,64,65,66)/p+1/t31-,34+,35+,36+,40-/m1/s1. The van der Waals surface area contributed by atoms with Gasteiger partial charge < -0.3 is 51.5 Å². The van der Waals surface area contributed by atoms with E-state index in [0.29, 0.717) is 38.0 Å². The molecule has 0 aromatic heterocycles. The van der Waals surface area contributed by atoms with Crippen molar-refractivity contribution in [3.63, 3.8) is 0 Å². The minimum absolute atomic E-state index is 0.0289. The van der Waals surface area contributed by atoms with Crippen molar-refractivity contribution >= 4 is 77.2 Å². The highest BCUT2D eigenvalue weighted by molar-refractivity contribution is 7.98. The van der Waals surface area contributed by atoms with E-state index < -0.39 is 72.9 Å². The van der Waals surface area contributed by atoms with Crippen LogP contribution in [0, 0.1) is 0 Å². The van der Waals surface area contributed by atoms with Gasteiger partial charge in [0.15, 0.2) is 12.0 Å². The van der Waals surface area contributed by atoms with Gasteiger partial charge in [-0.1, -0.05) is 56.0 Å². The van der Waals surface area contributed by atoms with Crippen LogP contribution in [-0.2, 0) is 54.3 Å². The van der Waals surface area contributed by atoms with E-state index in [-0.39, 0.29) is 80.8 Å². The van der Waals surface area contributed by atoms with Gasteiger partial charge >= 0.3 is 35.8 Å². The Labute approximate surface area is 402 Å². The summed E-state index contributed by atoms with van der Waals surface area (Å²) in [7, 11) is 4.54. The molecule has 380 valence electrons. The van der Waals surface area contributed by atoms with E-state index in [4.69, 9.17) is 5.11 Å². The van der Waals surface area contributed by atoms with Crippen LogP contribution in [0.4, 0.5) is 4.79 Å². The maximum atomic E-state index is 13.5. The molecule has 0 aliphatic rings. The first-order chi connectivity index (χ1) is 32.3. The number of urea groups is 1. The second kappa shape index (κ2) is 34.5. The molecular formula is C46H72N7O14S+. The second-order valence-electron chi connectivity index (χ2n) is 16.4. The summed E-state index contributed by atoms with van der Waals surface area (Å²) in [5.74, 6) is -4.77. The number of ketones is 2. The lowest BCUT2D eigenvalue weighted by molar-refractivity contribution is -0.421. The van der Waals surface area contributed by atoms with Gasteiger partial charge in [0.05, 0.1) is 12.5 Å². The molecule has 0 spiro atoms. The second-order valence-corrected chi connectivity index (χ2v) is 17.3. The van der Waals surface area contributed by atoms with Crippen LogP contribution >= 0.6 is 11.8 Å². The molecule has 0 aliphatic carbocycles. The van der Waals surface area contributed by atoms with E-state index in [1.807, 2.05) is 43.5 Å². The number of hydrogen-bond donors (Lipinski definition) is 8. The zero-order chi connectivity index (χ0) is 51.0. The van der Waals surface area contributed by atoms with E-state index in [9.17, 15) is 58.2 Å². The van der Waals surface area contributed by atoms with Crippen LogP contribution in [0.2, 0.25) is 0 Å². The summed E-state index contributed by atoms with van der Waals surface area (Å²) in [6.45, 7) is 2.38. The number of carboxylic acid groups (broad SMARTS) is 3. The molecule has 0 radical (unpaired) electrons. The van der Waals surface area contributed by atoms with E-state index in [1.165, 1.54) is 11.9 Å². The topological polar surface area (TPSA) is 307 Å². The number of amides is 5. The van der Waals surface area contributed by atoms with Gasteiger partial charge in [-0.15, -0.1) is 0 Å². The summed E-state index contributed by atoms with van der Waals surface area (Å²) in [6, 6.07) is 5.20. The Hall–Kier alpha value is -5.74. The zero-order valence-corrected chi connectivity index (χ0v) is 40.7. The Morgan fingerprint density at radius 1 is 0.779 bits per heavy atom. The molecule has 0 unspecified atom stereocenters. The molecule has 68 heavy (non-hydrogen) atoms. The van der Waals surface area contributed by atoms with E-state index in [2.05, 4.69) is 31.3 Å². The van der Waals surface area contributed by atoms with Crippen LogP contribution in [-0.4, -0.2) is 167 Å². The maximum Gasteiger partial charge on any atom is 0.405 e. The SMILES string of the molecule is CN[C@@H](CNCCCC(=O)[C@H](Cc1ccccc1)NC(=O)CCCCCCCCC(=O)CC[C@H](NC(=O)N[C@@H](CCC(=O)O)OC=O)C(=O)O)C(=O)[N+](C)=C(CC(=O)O)C(=O)N(C)[C@H](C)CSC. The van der Waals surface area contributed by atoms with Gasteiger partial charge in [0.2, 0.25) is 5.91 Å². The summed E-state index contributed by atoms with van der Waals surface area (Å²) in [5.41, 5.74) is 0.736. The van der Waals surface area contributed by atoms with Crippen LogP contribution in [0.1, 0.15) is 109 Å². The molecule has 1 rings (SSSR count). The van der Waals surface area contributed by atoms with Gasteiger partial charge in [-0.3, -0.25) is 33.6 Å². The van der Waals surface area contributed by atoms with Crippen molar-refractivity contribution in [1.29, 1.82) is 0 Å². The molecule has 21 nitrogen and oxygen atoms in total. The molecule has 1 aromatic rings. The molecule has 1 aromatic carbocycles. The van der Waals surface area contributed by atoms with Gasteiger partial charge in [0.1, 0.15) is 31.3 Å². The summed E-state index contributed by atoms with van der Waals surface area (Å²) >= 11 is 1.54. The quantitative estimate of drug-likeness (QED) is 0.0155. The number of nitrogens with one attached hydrogen (secondary N) is 5. The zero-order valence-electron chi connectivity index (χ0n) is 39.9. The fraction of sp³-hybridized carbons (Fsp3) is 0.630. The molecule has 0 heterocycles. The minimum atomic E-state index is -1.40. The number of thioether (sulfide) groups is 1. The largest absolute Gasteiger partial charge is 0.481 e. The number of likely N-dealkylation sites (N-methyl/N-ethyl adjacent to an activating group) is 2. The number of carbonyl (C=O) groups excluding carboxylic acids is 7. The Kier molecular flexibility index (Phi) is 30.6. The lowest BCUT2D eigenvalue weighted by atomic mass is 9.99. The van der Waals surface area contributed by atoms with Crippen LogP contribution in [0.5, 0.6) is 0 Å². The highest BCUT2D eigenvalue weighted by Crippen LogP contribution is 2.13. The number of aliphatic carboxylic acids is 3. The summed E-state index contributed by atoms with van der Waals surface area (Å²) < 4.78 is 5.72. The summed E-state index contributed by atoms with van der Waals surface area (Å²) in [5, 5.41) is 41.2. The first kappa shape index (κ1) is 60.3. The van der Waals surface area contributed by atoms with Gasteiger partial charge in [0, 0.05) is 57.5 Å². The summed E-state index contributed by atoms with van der Waals surface area (Å²) in [6.07, 6.45) is 4.70. The van der Waals surface area contributed by atoms with Crippen molar-refractivity contribution < 1.29 is 72.6 Å². The smallest absolute Gasteiger partial charge is 0.405 e. The number of nitrogens with zero attached hydrogens (tertiary/aromatic N) is 2. The lowest BCUT2D eigenvalue weighted by Gasteiger charge is -2.24. The van der Waals surface area contributed by atoms with Gasteiger partial charge in [-0.25, -0.2) is 14.4 Å². The van der Waals surface area contributed by atoms with E-state index in [1.54, 1.807) is 25.9 Å². The number of ether oxygens (including phenoxy) is 1. The van der Waals surface area contributed by atoms with Crippen LogP contribution in [0.3, 0.4) is 0 Å². The molecule has 0 saturated heterocycles. The van der Waals surface area contributed by atoms with Crippen molar-refractivity contribution in [3.05, 3.63) is 35.9 Å². The number of carbonyl (C=O) groups is 10. The monoisotopic (exact) mass is 978 g/mol. The third kappa shape index (κ3) is 25.4. The Bertz CT molecular complexity index is 1850. The average molecular weight is 979 g/mol. The van der Waals surface area contributed by atoms with E-state index >= 15 is 0 Å². The molecule has 0 fully saturated rings. The van der Waals surface area contributed by atoms with Gasteiger partial charge in [0.25, 0.3) is 12.2 Å². The normalized spacial score (nSPS) is 13.6. The maximum absolute atomic E-state index is 13.5. The van der Waals surface area contributed by atoms with Crippen LogP contribution in [0.25, 0.3) is 0 Å². The van der Waals surface area contributed by atoms with Crippen molar-refractivity contribution in [3.8, 4) is 0 Å². The summed E-state index contributed by atoms with van der Waals surface area (Å²) in [4.78, 5) is 124. The van der Waals surface area contributed by atoms with Crippen molar-refractivity contribution in [2.45, 2.75) is 140 Å². The molecular weight excluding hydrogens is 907 g/mol. The molecule has 0 saturated carbocycles. The lowest BCUT2D eigenvalue weighted by Crippen LogP contribution is -2.51. The minimum Gasteiger partial charge on any atom is -0.481 e. The fourth-order valence-electron chi connectivity index (χ4n) is 6.93. The third-order valence-electron chi connectivity index (χ3n) is 11.0. The number of hydrogen-bond acceptors (Lipinski definition) is 14. The predicted octanol–water partition coefficient (Wildman–Crippen LogP) is 2.12. The van der Waals surface area contributed by atoms with Crippen molar-refractivity contribution in [2.75, 3.05) is 46.2 Å². The van der Waals surface area contributed by atoms with Crippen LogP contribution in [0.15, 0.2) is 30.3 Å². The number of rotatable bonds is 38. The predicted molar refractivity (Wildman–Crippen MR) is 253 cm³/mol. The Morgan fingerprint density at radius 3 is 2.01 bits per heavy atom. The van der Waals surface area contributed by atoms with Gasteiger partial charge in [-0.05, 0) is 64.4 Å². The number of benzene rings is 1. The highest BCUT2D eigenvalue weighted by atomic mass is 32.2. The van der Waals surface area contributed by atoms with E-state index in [0.717, 1.165) is 35.8 Å². The Morgan fingerprint density at radius 2 is 1.43 bits per heavy atom. The molecule has 5 atom stereocenters. The first-order valence-electron chi connectivity index (χ1n) is 22.8. The molecule has 0 aliphatic heterocycles. The number of unbranched alkanes of at least 4 members (excludes halogenated alkanes) is 5. The van der Waals surface area contributed by atoms with Gasteiger partial charge in [-0.2, -0.15) is 16.3 Å². The van der Waals surface area contributed by atoms with Crippen molar-refractivity contribution in [2.24, 2.45) is 0 Å². The third-order valence-corrected chi connectivity index (χ3v) is 11.8. The molecule has 0 bridgehead atoms. The molecule has 8 N–H and O–H groups in total. The molecule has 22 heteroatoms.